The predicted molar refractivity (Wildman–Crippen MR) is 208 cm³/mol. The molecule has 0 fully saturated rings. The van der Waals surface area contributed by atoms with Gasteiger partial charge in [-0.05, 0) is 120 Å². The summed E-state index contributed by atoms with van der Waals surface area (Å²) in [6, 6.07) is 15.0. The molecule has 2 aliphatic rings. The van der Waals surface area contributed by atoms with Crippen molar-refractivity contribution >= 4 is 37.5 Å². The van der Waals surface area contributed by atoms with Crippen molar-refractivity contribution in [2.24, 2.45) is 3.50 Å². The van der Waals surface area contributed by atoms with E-state index < -0.39 is 0 Å². The van der Waals surface area contributed by atoms with Gasteiger partial charge in [0.25, 0.3) is 0 Å². The van der Waals surface area contributed by atoms with Gasteiger partial charge in [0.1, 0.15) is 5.75 Å². The van der Waals surface area contributed by atoms with Gasteiger partial charge in [0.15, 0.2) is 0 Å². The number of aryl methyl sites for hydroxylation is 4. The first-order chi connectivity index (χ1) is 22.9. The molecule has 0 saturated heterocycles. The normalized spacial score (nSPS) is 13.3. The first-order valence-electron chi connectivity index (χ1n) is 17.3. The molecule has 0 spiro atoms. The van der Waals surface area contributed by atoms with Crippen LogP contribution in [0.25, 0.3) is 11.1 Å². The molecule has 0 radical (unpaired) electrons. The van der Waals surface area contributed by atoms with E-state index in [1.54, 1.807) is 0 Å². The summed E-state index contributed by atoms with van der Waals surface area (Å²) in [6.45, 7) is 21.8. The van der Waals surface area contributed by atoms with Crippen molar-refractivity contribution in [3.8, 4) is 16.9 Å². The number of nitrogens with zero attached hydrogens (tertiary/aromatic N) is 2. The maximum absolute atomic E-state index is 11.0. The van der Waals surface area contributed by atoms with E-state index in [1.807, 2.05) is 26.0 Å². The molecule has 0 saturated carbocycles. The third kappa shape index (κ3) is 10.4. The molecule has 0 bridgehead atoms. The Balaban J connectivity index is 0.000000219. The van der Waals surface area contributed by atoms with Crippen molar-refractivity contribution in [1.82, 2.24) is 4.98 Å². The number of aromatic hydroxyl groups is 1. The summed E-state index contributed by atoms with van der Waals surface area (Å²) in [7, 11) is 0. The van der Waals surface area contributed by atoms with Gasteiger partial charge in [-0.1, -0.05) is 41.9 Å². The van der Waals surface area contributed by atoms with Gasteiger partial charge in [-0.2, -0.15) is 11.4 Å². The SMILES string of the molecule is CC(C)c1cccc(C(C)C)c1[N]=[W].Cc1c(Br)cc2c(c1-c1c(O)c(Br)cc3c1CCCC3)CCCC2.Cc1ccc(C)[n-]1.[CH2-]C[CH2-]. The second kappa shape index (κ2) is 19.5. The van der Waals surface area contributed by atoms with Gasteiger partial charge in [0.05, 0.1) is 4.47 Å². The topological polar surface area (TPSA) is 46.7 Å². The molecule has 4 aromatic rings. The number of phenolic OH excluding ortho intramolecular Hbond substituents is 1. The average molecular weight is 946 g/mol. The Kier molecular flexibility index (Phi) is 16.5. The molecule has 2 aliphatic carbocycles. The number of aromatic nitrogens is 1. The predicted octanol–water partition coefficient (Wildman–Crippen LogP) is 13.3. The van der Waals surface area contributed by atoms with Crippen molar-refractivity contribution in [1.29, 1.82) is 0 Å². The van der Waals surface area contributed by atoms with Crippen molar-refractivity contribution in [2.75, 3.05) is 0 Å². The molecule has 6 heteroatoms. The third-order valence-electron chi connectivity index (χ3n) is 9.02. The van der Waals surface area contributed by atoms with Gasteiger partial charge in [-0.15, -0.1) is 0 Å². The van der Waals surface area contributed by atoms with Crippen LogP contribution >= 0.6 is 31.9 Å². The number of halogens is 2. The Hall–Kier alpha value is -1.81. The largest absolute Gasteiger partial charge is 0.665 e. The minimum atomic E-state index is 0.421. The zero-order valence-electron chi connectivity index (χ0n) is 30.0. The molecule has 0 unspecified atom stereocenters. The van der Waals surface area contributed by atoms with Gasteiger partial charge in [-0.25, -0.2) is 0 Å². The quantitative estimate of drug-likeness (QED) is 0.207. The molecule has 0 atom stereocenters. The van der Waals surface area contributed by atoms with E-state index in [1.165, 1.54) is 100.0 Å². The van der Waals surface area contributed by atoms with Gasteiger partial charge in [0.2, 0.25) is 0 Å². The van der Waals surface area contributed by atoms with Gasteiger partial charge >= 0.3 is 97.7 Å². The first kappa shape index (κ1) is 40.6. The van der Waals surface area contributed by atoms with Crippen molar-refractivity contribution < 1.29 is 24.7 Å². The standard InChI is InChI=1S/C21H22Br2O.C12H17N.C6H8N.C3H6.W/c1-12-17(22)10-13-6-2-4-8-15(13)19(12)20-16-9-5-3-7-14(16)11-18(23)21(20)24;1-8(2)10-6-5-7-11(9(3)4)12(10)13;1-5-3-4-6(2)7-5;1-3-2;/h10-11,24H,2-9H2,1H3;5-9H,1-4H3;3-4H,1-2H3;1-3H2;/q;;-1;-2;. The van der Waals surface area contributed by atoms with Crippen LogP contribution in [0.4, 0.5) is 5.69 Å². The fourth-order valence-corrected chi connectivity index (χ4v) is 8.36. The molecule has 0 aliphatic heterocycles. The van der Waals surface area contributed by atoms with Crippen LogP contribution in [0, 0.1) is 34.6 Å². The second-order valence-electron chi connectivity index (χ2n) is 13.4. The summed E-state index contributed by atoms with van der Waals surface area (Å²) in [5.41, 5.74) is 15.5. The number of hydrogen-bond donors (Lipinski definition) is 1. The van der Waals surface area contributed by atoms with Crippen LogP contribution < -0.4 is 4.98 Å². The summed E-state index contributed by atoms with van der Waals surface area (Å²) in [6.07, 6.45) is 10.2. The smallest absolute Gasteiger partial charge is 0.137 e. The molecule has 260 valence electrons. The van der Waals surface area contributed by atoms with Crippen molar-refractivity contribution in [2.45, 2.75) is 118 Å². The summed E-state index contributed by atoms with van der Waals surface area (Å²) in [4.78, 5) is 4.11. The Morgan fingerprint density at radius 1 is 0.750 bits per heavy atom. The third-order valence-corrected chi connectivity index (χ3v) is 11.1. The van der Waals surface area contributed by atoms with Crippen LogP contribution in [0.15, 0.2) is 54.9 Å². The molecule has 3 nitrogen and oxygen atoms in total. The van der Waals surface area contributed by atoms with E-state index in [-0.39, 0.29) is 0 Å². The van der Waals surface area contributed by atoms with E-state index in [4.69, 9.17) is 0 Å². The maximum atomic E-state index is 11.0. The minimum Gasteiger partial charge on any atom is -0.665 e. The fourth-order valence-electron chi connectivity index (χ4n) is 6.66. The number of rotatable bonds is 4. The molecule has 6 rings (SSSR count). The van der Waals surface area contributed by atoms with Crippen LogP contribution in [0.2, 0.25) is 0 Å². The monoisotopic (exact) mass is 943 g/mol. The summed E-state index contributed by atoms with van der Waals surface area (Å²) >= 11 is 8.66. The molecule has 48 heavy (non-hydrogen) atoms. The van der Waals surface area contributed by atoms with E-state index in [9.17, 15) is 5.11 Å². The number of benzene rings is 3. The van der Waals surface area contributed by atoms with Crippen LogP contribution in [-0.4, -0.2) is 5.11 Å². The summed E-state index contributed by atoms with van der Waals surface area (Å²) in [5.74, 6) is 1.54. The second-order valence-corrected chi connectivity index (χ2v) is 15.8. The Morgan fingerprint density at radius 2 is 1.19 bits per heavy atom. The Bertz CT molecular complexity index is 1560. The molecule has 3 aromatic carbocycles. The molecular formula is C42H53Br2N2OW-3. The van der Waals surface area contributed by atoms with Gasteiger partial charge in [-0.3, -0.25) is 0 Å². The van der Waals surface area contributed by atoms with Gasteiger partial charge in [0, 0.05) is 10.0 Å². The zero-order valence-corrected chi connectivity index (χ0v) is 36.1. The molecule has 1 N–H and O–H groups in total. The summed E-state index contributed by atoms with van der Waals surface area (Å²) in [5, 5.41) is 11.0. The van der Waals surface area contributed by atoms with E-state index in [0.717, 1.165) is 53.5 Å². The number of phenols is 1. The van der Waals surface area contributed by atoms with Crippen molar-refractivity contribution in [3.05, 3.63) is 116 Å². The number of hydrogen-bond acceptors (Lipinski definition) is 2. The maximum Gasteiger partial charge on any atom is 0.137 e. The average Bonchev–Trinajstić information content (AvgIpc) is 3.45. The fraction of sp³-hybridized carbons (Fsp3) is 0.429. The van der Waals surface area contributed by atoms with Crippen LogP contribution in [0.3, 0.4) is 0 Å². The number of fused-ring (bicyclic) bond motifs is 2. The van der Waals surface area contributed by atoms with Crippen LogP contribution in [0.1, 0.15) is 122 Å². The minimum absolute atomic E-state index is 0.421. The molecule has 1 heterocycles. The van der Waals surface area contributed by atoms with Gasteiger partial charge < -0.3 is 30.4 Å². The van der Waals surface area contributed by atoms with Crippen LogP contribution in [0.5, 0.6) is 5.75 Å². The summed E-state index contributed by atoms with van der Waals surface area (Å²) < 4.78 is 6.50. The van der Waals surface area contributed by atoms with E-state index in [2.05, 4.69) is 119 Å². The Morgan fingerprint density at radius 3 is 1.60 bits per heavy atom. The molecular weight excluding hydrogens is 892 g/mol. The molecule has 0 amide bonds. The van der Waals surface area contributed by atoms with E-state index >= 15 is 0 Å². The zero-order chi connectivity index (χ0) is 35.5. The van der Waals surface area contributed by atoms with Crippen LogP contribution in [-0.2, 0) is 45.3 Å². The first-order valence-corrected chi connectivity index (χ1v) is 20.2. The van der Waals surface area contributed by atoms with E-state index in [0.29, 0.717) is 17.6 Å². The van der Waals surface area contributed by atoms with Crippen molar-refractivity contribution in [3.63, 3.8) is 0 Å². The Labute approximate surface area is 319 Å². The molecule has 1 aromatic heterocycles.